The van der Waals surface area contributed by atoms with Gasteiger partial charge in [-0.1, -0.05) is 12.5 Å². The standard InChI is InChI=1S/C14H20N2O4/c1-11-7-8-12(13(10-11)16(18)19)15-9-5-3-4-6-14(17)20-2/h7-8,10,15H,3-6,9H2,1-2H3. The molecule has 0 aliphatic carbocycles. The number of unbranched alkanes of at least 4 members (excludes halogenated alkanes) is 2. The van der Waals surface area contributed by atoms with Crippen molar-refractivity contribution in [1.82, 2.24) is 0 Å². The van der Waals surface area contributed by atoms with E-state index in [4.69, 9.17) is 0 Å². The average molecular weight is 280 g/mol. The molecular formula is C14H20N2O4. The predicted molar refractivity (Wildman–Crippen MR) is 76.8 cm³/mol. The second-order valence-electron chi connectivity index (χ2n) is 4.59. The lowest BCUT2D eigenvalue weighted by molar-refractivity contribution is -0.384. The molecule has 0 heterocycles. The number of benzene rings is 1. The summed E-state index contributed by atoms with van der Waals surface area (Å²) in [6, 6.07) is 5.12. The highest BCUT2D eigenvalue weighted by molar-refractivity contribution is 5.69. The first kappa shape index (κ1) is 15.9. The number of ether oxygens (including phenoxy) is 1. The number of methoxy groups -OCH3 is 1. The number of hydrogen-bond donors (Lipinski definition) is 1. The van der Waals surface area contributed by atoms with Gasteiger partial charge in [0.1, 0.15) is 5.69 Å². The lowest BCUT2D eigenvalue weighted by atomic mass is 10.1. The molecule has 0 saturated carbocycles. The predicted octanol–water partition coefficient (Wildman–Crippen LogP) is 3.05. The number of rotatable bonds is 8. The average Bonchev–Trinajstić information content (AvgIpc) is 2.43. The quantitative estimate of drug-likeness (QED) is 0.342. The SMILES string of the molecule is COC(=O)CCCCCNc1ccc(C)cc1[N+](=O)[O-]. The summed E-state index contributed by atoms with van der Waals surface area (Å²) in [5.74, 6) is -0.202. The third-order valence-corrected chi connectivity index (χ3v) is 2.95. The first-order chi connectivity index (χ1) is 9.54. The summed E-state index contributed by atoms with van der Waals surface area (Å²) in [6.07, 6.45) is 2.91. The van der Waals surface area contributed by atoms with Gasteiger partial charge >= 0.3 is 5.97 Å². The van der Waals surface area contributed by atoms with Crippen LogP contribution in [0.15, 0.2) is 18.2 Å². The van der Waals surface area contributed by atoms with Gasteiger partial charge in [0.15, 0.2) is 0 Å². The number of aryl methyl sites for hydroxylation is 1. The zero-order valence-corrected chi connectivity index (χ0v) is 11.8. The molecule has 110 valence electrons. The summed E-state index contributed by atoms with van der Waals surface area (Å²) in [4.78, 5) is 21.5. The van der Waals surface area contributed by atoms with Gasteiger partial charge in [-0.2, -0.15) is 0 Å². The van der Waals surface area contributed by atoms with Crippen molar-refractivity contribution in [2.75, 3.05) is 19.0 Å². The van der Waals surface area contributed by atoms with E-state index in [1.165, 1.54) is 7.11 Å². The van der Waals surface area contributed by atoms with Crippen molar-refractivity contribution < 1.29 is 14.5 Å². The lowest BCUT2D eigenvalue weighted by Gasteiger charge is -2.07. The van der Waals surface area contributed by atoms with Crippen molar-refractivity contribution in [2.45, 2.75) is 32.6 Å². The van der Waals surface area contributed by atoms with Gasteiger partial charge in [0.25, 0.3) is 5.69 Å². The number of esters is 1. The van der Waals surface area contributed by atoms with Gasteiger partial charge in [0.2, 0.25) is 0 Å². The van der Waals surface area contributed by atoms with Crippen LogP contribution in [0.2, 0.25) is 0 Å². The lowest BCUT2D eigenvalue weighted by Crippen LogP contribution is -2.05. The van der Waals surface area contributed by atoms with E-state index in [2.05, 4.69) is 10.1 Å². The highest BCUT2D eigenvalue weighted by Gasteiger charge is 2.12. The maximum Gasteiger partial charge on any atom is 0.305 e. The largest absolute Gasteiger partial charge is 0.469 e. The Kier molecular flexibility index (Phi) is 6.49. The molecule has 0 spiro atoms. The molecule has 0 unspecified atom stereocenters. The van der Waals surface area contributed by atoms with Gasteiger partial charge in [0, 0.05) is 19.0 Å². The van der Waals surface area contributed by atoms with Gasteiger partial charge in [-0.05, 0) is 31.4 Å². The Bertz CT molecular complexity index is 474. The fourth-order valence-electron chi connectivity index (χ4n) is 1.84. The number of nitrogens with zero attached hydrogens (tertiary/aromatic N) is 1. The minimum absolute atomic E-state index is 0.0968. The van der Waals surface area contributed by atoms with Crippen molar-refractivity contribution in [3.8, 4) is 0 Å². The molecule has 0 amide bonds. The molecule has 0 saturated heterocycles. The van der Waals surface area contributed by atoms with Crippen LogP contribution >= 0.6 is 0 Å². The molecule has 0 radical (unpaired) electrons. The maximum absolute atomic E-state index is 10.9. The third kappa shape index (κ3) is 5.26. The van der Waals surface area contributed by atoms with Crippen LogP contribution in [0.1, 0.15) is 31.2 Å². The van der Waals surface area contributed by atoms with Crippen molar-refractivity contribution in [1.29, 1.82) is 0 Å². The van der Waals surface area contributed by atoms with E-state index in [0.29, 0.717) is 18.7 Å². The number of nitro groups is 1. The second-order valence-corrected chi connectivity index (χ2v) is 4.59. The smallest absolute Gasteiger partial charge is 0.305 e. The van der Waals surface area contributed by atoms with Crippen LogP contribution in [-0.2, 0) is 9.53 Å². The van der Waals surface area contributed by atoms with Gasteiger partial charge in [-0.25, -0.2) is 0 Å². The molecule has 1 N–H and O–H groups in total. The van der Waals surface area contributed by atoms with E-state index in [-0.39, 0.29) is 16.6 Å². The van der Waals surface area contributed by atoms with E-state index in [1.54, 1.807) is 12.1 Å². The van der Waals surface area contributed by atoms with E-state index >= 15 is 0 Å². The fourth-order valence-corrected chi connectivity index (χ4v) is 1.84. The minimum Gasteiger partial charge on any atom is -0.469 e. The van der Waals surface area contributed by atoms with Crippen LogP contribution in [0.25, 0.3) is 0 Å². The van der Waals surface area contributed by atoms with Crippen LogP contribution < -0.4 is 5.32 Å². The molecule has 1 rings (SSSR count). The minimum atomic E-state index is -0.382. The highest BCUT2D eigenvalue weighted by Crippen LogP contribution is 2.25. The molecule has 0 aliphatic heterocycles. The van der Waals surface area contributed by atoms with Crippen molar-refractivity contribution >= 4 is 17.3 Å². The number of hydrogen-bond acceptors (Lipinski definition) is 5. The first-order valence-electron chi connectivity index (χ1n) is 6.60. The Hall–Kier alpha value is -2.11. The first-order valence-corrected chi connectivity index (χ1v) is 6.60. The zero-order valence-electron chi connectivity index (χ0n) is 11.8. The number of carbonyl (C=O) groups excluding carboxylic acids is 1. The summed E-state index contributed by atoms with van der Waals surface area (Å²) in [6.45, 7) is 2.47. The number of nitro benzene ring substituents is 1. The Labute approximate surface area is 118 Å². The van der Waals surface area contributed by atoms with Crippen LogP contribution in [0.3, 0.4) is 0 Å². The molecule has 20 heavy (non-hydrogen) atoms. The van der Waals surface area contributed by atoms with E-state index in [1.807, 2.05) is 13.0 Å². The van der Waals surface area contributed by atoms with Crippen molar-refractivity contribution in [3.05, 3.63) is 33.9 Å². The fraction of sp³-hybridized carbons (Fsp3) is 0.500. The Morgan fingerprint density at radius 1 is 1.35 bits per heavy atom. The van der Waals surface area contributed by atoms with E-state index in [0.717, 1.165) is 24.8 Å². The zero-order chi connectivity index (χ0) is 15.0. The highest BCUT2D eigenvalue weighted by atomic mass is 16.6. The van der Waals surface area contributed by atoms with Gasteiger partial charge < -0.3 is 10.1 Å². The Balaban J connectivity index is 2.35. The van der Waals surface area contributed by atoms with Crippen molar-refractivity contribution in [3.63, 3.8) is 0 Å². The molecule has 0 fully saturated rings. The topological polar surface area (TPSA) is 81.5 Å². The van der Waals surface area contributed by atoms with E-state index in [9.17, 15) is 14.9 Å². The molecule has 0 aromatic heterocycles. The van der Waals surface area contributed by atoms with Gasteiger partial charge in [-0.3, -0.25) is 14.9 Å². The van der Waals surface area contributed by atoms with Crippen LogP contribution in [0, 0.1) is 17.0 Å². The molecule has 0 aliphatic rings. The Morgan fingerprint density at radius 3 is 2.75 bits per heavy atom. The maximum atomic E-state index is 10.9. The second kappa shape index (κ2) is 8.14. The summed E-state index contributed by atoms with van der Waals surface area (Å²) >= 11 is 0. The molecular weight excluding hydrogens is 260 g/mol. The molecule has 6 nitrogen and oxygen atoms in total. The third-order valence-electron chi connectivity index (χ3n) is 2.95. The Morgan fingerprint density at radius 2 is 2.10 bits per heavy atom. The summed E-state index contributed by atoms with van der Waals surface area (Å²) in [7, 11) is 1.38. The van der Waals surface area contributed by atoms with Gasteiger partial charge in [0.05, 0.1) is 12.0 Å². The van der Waals surface area contributed by atoms with Crippen molar-refractivity contribution in [2.24, 2.45) is 0 Å². The summed E-state index contributed by atoms with van der Waals surface area (Å²) < 4.78 is 4.55. The number of nitrogens with one attached hydrogen (secondary N) is 1. The number of carbonyl (C=O) groups is 1. The summed E-state index contributed by atoms with van der Waals surface area (Å²) in [5, 5.41) is 14.0. The van der Waals surface area contributed by atoms with Crippen LogP contribution in [-0.4, -0.2) is 24.5 Å². The summed E-state index contributed by atoms with van der Waals surface area (Å²) in [5.41, 5.74) is 1.49. The van der Waals surface area contributed by atoms with Crippen LogP contribution in [0.4, 0.5) is 11.4 Å². The molecule has 6 heteroatoms. The van der Waals surface area contributed by atoms with E-state index < -0.39 is 0 Å². The molecule has 1 aromatic rings. The monoisotopic (exact) mass is 280 g/mol. The van der Waals surface area contributed by atoms with Crippen LogP contribution in [0.5, 0.6) is 0 Å². The molecule has 0 bridgehead atoms. The number of anilines is 1. The molecule has 1 aromatic carbocycles. The normalized spacial score (nSPS) is 10.1. The molecule has 0 atom stereocenters. The van der Waals surface area contributed by atoms with Gasteiger partial charge in [-0.15, -0.1) is 0 Å².